The van der Waals surface area contributed by atoms with Gasteiger partial charge in [-0.05, 0) is 33.1 Å². The first kappa shape index (κ1) is 15.5. The number of aromatic nitrogens is 2. The maximum Gasteiger partial charge on any atom is 0.326 e. The van der Waals surface area contributed by atoms with Gasteiger partial charge >= 0.3 is 5.97 Å². The molecule has 116 valence electrons. The van der Waals surface area contributed by atoms with Crippen molar-refractivity contribution in [3.63, 3.8) is 0 Å². The van der Waals surface area contributed by atoms with Crippen molar-refractivity contribution in [2.75, 3.05) is 7.05 Å². The van der Waals surface area contributed by atoms with Crippen LogP contribution in [0.2, 0.25) is 0 Å². The standard InChI is InChI=1S/C15H23N3O3/c1-5-9(2)18-13(11-6-7-11)12(8-16-18)14(19)17(4)10(3)15(20)21/h8-11H,5-7H2,1-4H3,(H,20,21). The molecule has 1 aliphatic rings. The molecular formula is C15H23N3O3. The van der Waals surface area contributed by atoms with Crippen molar-refractivity contribution in [1.82, 2.24) is 14.7 Å². The summed E-state index contributed by atoms with van der Waals surface area (Å²) in [6.45, 7) is 5.68. The van der Waals surface area contributed by atoms with E-state index >= 15 is 0 Å². The summed E-state index contributed by atoms with van der Waals surface area (Å²) in [5.74, 6) is -0.886. The largest absolute Gasteiger partial charge is 0.480 e. The lowest BCUT2D eigenvalue weighted by molar-refractivity contribution is -0.141. The molecule has 1 amide bonds. The first-order valence-corrected chi connectivity index (χ1v) is 7.45. The van der Waals surface area contributed by atoms with Crippen LogP contribution in [0.1, 0.15) is 68.0 Å². The molecule has 1 N–H and O–H groups in total. The molecule has 1 fully saturated rings. The van der Waals surface area contributed by atoms with E-state index in [1.54, 1.807) is 6.20 Å². The van der Waals surface area contributed by atoms with Gasteiger partial charge < -0.3 is 10.0 Å². The van der Waals surface area contributed by atoms with E-state index < -0.39 is 12.0 Å². The van der Waals surface area contributed by atoms with Crippen LogP contribution in [0.15, 0.2) is 6.20 Å². The van der Waals surface area contributed by atoms with E-state index in [9.17, 15) is 9.59 Å². The molecule has 21 heavy (non-hydrogen) atoms. The van der Waals surface area contributed by atoms with Crippen molar-refractivity contribution in [2.24, 2.45) is 0 Å². The van der Waals surface area contributed by atoms with Gasteiger partial charge in [0.05, 0.1) is 17.5 Å². The summed E-state index contributed by atoms with van der Waals surface area (Å²) in [5.41, 5.74) is 1.52. The van der Waals surface area contributed by atoms with Crippen LogP contribution in [-0.4, -0.2) is 44.8 Å². The summed E-state index contributed by atoms with van der Waals surface area (Å²) in [6.07, 6.45) is 4.67. The SMILES string of the molecule is CCC(C)n1ncc(C(=O)N(C)C(C)C(=O)O)c1C1CC1. The Hall–Kier alpha value is -1.85. The van der Waals surface area contributed by atoms with Gasteiger partial charge in [-0.3, -0.25) is 9.48 Å². The number of amides is 1. The Balaban J connectivity index is 2.33. The fourth-order valence-corrected chi connectivity index (χ4v) is 2.36. The van der Waals surface area contributed by atoms with Gasteiger partial charge in [-0.25, -0.2) is 4.79 Å². The molecule has 0 bridgehead atoms. The summed E-state index contributed by atoms with van der Waals surface area (Å²) in [5, 5.41) is 13.4. The average Bonchev–Trinajstić information content (AvgIpc) is 3.22. The lowest BCUT2D eigenvalue weighted by atomic mass is 10.1. The zero-order valence-corrected chi connectivity index (χ0v) is 13.0. The highest BCUT2D eigenvalue weighted by atomic mass is 16.4. The summed E-state index contributed by atoms with van der Waals surface area (Å²) in [4.78, 5) is 24.9. The highest BCUT2D eigenvalue weighted by Gasteiger charge is 2.35. The first-order valence-electron chi connectivity index (χ1n) is 7.45. The number of likely N-dealkylation sites (N-methyl/N-ethyl adjacent to an activating group) is 1. The van der Waals surface area contributed by atoms with Crippen LogP contribution in [-0.2, 0) is 4.79 Å². The summed E-state index contributed by atoms with van der Waals surface area (Å²) in [6, 6.07) is -0.610. The molecular weight excluding hydrogens is 270 g/mol. The number of rotatable bonds is 6. The maximum absolute atomic E-state index is 12.6. The predicted molar refractivity (Wildman–Crippen MR) is 78.4 cm³/mol. The van der Waals surface area contributed by atoms with Crippen LogP contribution in [0.25, 0.3) is 0 Å². The minimum Gasteiger partial charge on any atom is -0.480 e. The van der Waals surface area contributed by atoms with Gasteiger partial charge in [0, 0.05) is 19.0 Å². The quantitative estimate of drug-likeness (QED) is 0.873. The van der Waals surface area contributed by atoms with Crippen LogP contribution >= 0.6 is 0 Å². The monoisotopic (exact) mass is 293 g/mol. The molecule has 0 saturated heterocycles. The molecule has 2 atom stereocenters. The van der Waals surface area contributed by atoms with E-state index in [-0.39, 0.29) is 11.9 Å². The third-order valence-corrected chi connectivity index (χ3v) is 4.30. The van der Waals surface area contributed by atoms with Gasteiger partial charge in [-0.1, -0.05) is 6.92 Å². The fourth-order valence-electron chi connectivity index (χ4n) is 2.36. The molecule has 0 aromatic carbocycles. The normalized spacial score (nSPS) is 17.3. The Morgan fingerprint density at radius 1 is 1.48 bits per heavy atom. The molecule has 6 heteroatoms. The van der Waals surface area contributed by atoms with Crippen molar-refractivity contribution in [2.45, 2.75) is 58.0 Å². The van der Waals surface area contributed by atoms with Gasteiger partial charge in [-0.2, -0.15) is 5.10 Å². The molecule has 1 aliphatic carbocycles. The van der Waals surface area contributed by atoms with Gasteiger partial charge in [0.1, 0.15) is 6.04 Å². The number of carboxylic acids is 1. The number of aliphatic carboxylic acids is 1. The van der Waals surface area contributed by atoms with Crippen LogP contribution in [0.3, 0.4) is 0 Å². The van der Waals surface area contributed by atoms with E-state index in [0.29, 0.717) is 11.5 Å². The molecule has 0 radical (unpaired) electrons. The number of nitrogens with zero attached hydrogens (tertiary/aromatic N) is 3. The van der Waals surface area contributed by atoms with E-state index in [4.69, 9.17) is 5.11 Å². The highest BCUT2D eigenvalue weighted by molar-refractivity contribution is 5.97. The number of carbonyl (C=O) groups excluding carboxylic acids is 1. The van der Waals surface area contributed by atoms with Crippen molar-refractivity contribution in [3.05, 3.63) is 17.5 Å². The van der Waals surface area contributed by atoms with Gasteiger partial charge in [0.2, 0.25) is 0 Å². The summed E-state index contributed by atoms with van der Waals surface area (Å²) >= 11 is 0. The molecule has 1 saturated carbocycles. The van der Waals surface area contributed by atoms with E-state index in [0.717, 1.165) is 25.0 Å². The van der Waals surface area contributed by atoms with Crippen molar-refractivity contribution in [3.8, 4) is 0 Å². The zero-order valence-electron chi connectivity index (χ0n) is 13.0. The van der Waals surface area contributed by atoms with Crippen molar-refractivity contribution < 1.29 is 14.7 Å². The zero-order chi connectivity index (χ0) is 15.7. The Labute approximate surface area is 124 Å². The molecule has 2 unspecified atom stereocenters. The average molecular weight is 293 g/mol. The second-order valence-electron chi connectivity index (χ2n) is 5.85. The Morgan fingerprint density at radius 3 is 2.57 bits per heavy atom. The topological polar surface area (TPSA) is 75.4 Å². The smallest absolute Gasteiger partial charge is 0.326 e. The second kappa shape index (κ2) is 5.87. The maximum atomic E-state index is 12.6. The molecule has 1 aromatic rings. The molecule has 0 spiro atoms. The van der Waals surface area contributed by atoms with E-state index in [2.05, 4.69) is 18.9 Å². The number of hydrogen-bond acceptors (Lipinski definition) is 3. The molecule has 1 heterocycles. The Bertz CT molecular complexity index is 548. The summed E-state index contributed by atoms with van der Waals surface area (Å²) < 4.78 is 1.93. The summed E-state index contributed by atoms with van der Waals surface area (Å²) in [7, 11) is 1.53. The van der Waals surface area contributed by atoms with Gasteiger partial charge in [-0.15, -0.1) is 0 Å². The molecule has 6 nitrogen and oxygen atoms in total. The molecule has 0 aliphatic heterocycles. The Kier molecular flexibility index (Phi) is 4.34. The van der Waals surface area contributed by atoms with Crippen LogP contribution < -0.4 is 0 Å². The lowest BCUT2D eigenvalue weighted by Gasteiger charge is -2.22. The van der Waals surface area contributed by atoms with Crippen molar-refractivity contribution >= 4 is 11.9 Å². The molecule has 1 aromatic heterocycles. The van der Waals surface area contributed by atoms with Crippen molar-refractivity contribution in [1.29, 1.82) is 0 Å². The van der Waals surface area contributed by atoms with Gasteiger partial charge in [0.25, 0.3) is 5.91 Å². The second-order valence-corrected chi connectivity index (χ2v) is 5.85. The predicted octanol–water partition coefficient (Wildman–Crippen LogP) is 2.28. The number of carbonyl (C=O) groups is 2. The van der Waals surface area contributed by atoms with Crippen LogP contribution in [0, 0.1) is 0 Å². The van der Waals surface area contributed by atoms with E-state index in [1.807, 2.05) is 4.68 Å². The van der Waals surface area contributed by atoms with Crippen LogP contribution in [0.5, 0.6) is 0 Å². The van der Waals surface area contributed by atoms with Gasteiger partial charge in [0.15, 0.2) is 0 Å². The number of hydrogen-bond donors (Lipinski definition) is 1. The molecule has 2 rings (SSSR count). The third kappa shape index (κ3) is 2.94. The lowest BCUT2D eigenvalue weighted by Crippen LogP contribution is -2.40. The Morgan fingerprint density at radius 2 is 2.10 bits per heavy atom. The fraction of sp³-hybridized carbons (Fsp3) is 0.667. The number of carboxylic acid groups (broad SMARTS) is 1. The minimum atomic E-state index is -1.01. The highest BCUT2D eigenvalue weighted by Crippen LogP contribution is 2.43. The van der Waals surface area contributed by atoms with E-state index in [1.165, 1.54) is 18.9 Å². The minimum absolute atomic E-state index is 0.240. The first-order chi connectivity index (χ1) is 9.88. The van der Waals surface area contributed by atoms with Crippen LogP contribution in [0.4, 0.5) is 0 Å². The third-order valence-electron chi connectivity index (χ3n) is 4.30.